The third kappa shape index (κ3) is 3.64. The highest BCUT2D eigenvalue weighted by atomic mass is 32.2. The molecule has 0 aliphatic heterocycles. The van der Waals surface area contributed by atoms with Crippen molar-refractivity contribution in [3.63, 3.8) is 0 Å². The summed E-state index contributed by atoms with van der Waals surface area (Å²) in [7, 11) is 0. The van der Waals surface area contributed by atoms with E-state index in [1.165, 1.54) is 10.3 Å². The summed E-state index contributed by atoms with van der Waals surface area (Å²) in [6.07, 6.45) is 0. The Labute approximate surface area is 133 Å². The van der Waals surface area contributed by atoms with E-state index in [-0.39, 0.29) is 0 Å². The summed E-state index contributed by atoms with van der Waals surface area (Å²) in [6, 6.07) is 19.3. The molecule has 1 N–H and O–H groups in total. The van der Waals surface area contributed by atoms with Crippen LogP contribution in [0.4, 0.5) is 0 Å². The van der Waals surface area contributed by atoms with E-state index in [4.69, 9.17) is 4.98 Å². The van der Waals surface area contributed by atoms with Crippen molar-refractivity contribution in [1.29, 1.82) is 0 Å². The zero-order chi connectivity index (χ0) is 14.5. The van der Waals surface area contributed by atoms with Crippen LogP contribution in [-0.4, -0.2) is 17.3 Å². The zero-order valence-electron chi connectivity index (χ0n) is 12.0. The molecule has 3 rings (SSSR count). The van der Waals surface area contributed by atoms with Crippen LogP contribution in [0.1, 0.15) is 18.5 Å². The number of hydrogen-bond donors (Lipinski definition) is 1. The number of thioether (sulfide) groups is 1. The van der Waals surface area contributed by atoms with Gasteiger partial charge in [0.15, 0.2) is 4.34 Å². The van der Waals surface area contributed by atoms with Crippen molar-refractivity contribution in [2.75, 3.05) is 12.3 Å². The molecule has 0 amide bonds. The van der Waals surface area contributed by atoms with Crippen LogP contribution in [0.15, 0.2) is 58.9 Å². The largest absolute Gasteiger partial charge is 0.309 e. The van der Waals surface area contributed by atoms with Crippen LogP contribution in [0.5, 0.6) is 0 Å². The van der Waals surface area contributed by atoms with Gasteiger partial charge in [0.2, 0.25) is 0 Å². The average Bonchev–Trinajstić information content (AvgIpc) is 2.95. The van der Waals surface area contributed by atoms with Gasteiger partial charge in [0, 0.05) is 11.8 Å². The summed E-state index contributed by atoms with van der Waals surface area (Å²) in [5.74, 6) is 0.998. The van der Waals surface area contributed by atoms with Crippen molar-refractivity contribution >= 4 is 33.3 Å². The highest BCUT2D eigenvalue weighted by molar-refractivity contribution is 8.01. The molecule has 21 heavy (non-hydrogen) atoms. The fourth-order valence-electron chi connectivity index (χ4n) is 2.27. The minimum Gasteiger partial charge on any atom is -0.309 e. The molecule has 1 atom stereocenters. The molecule has 108 valence electrons. The Morgan fingerprint density at radius 3 is 2.62 bits per heavy atom. The topological polar surface area (TPSA) is 24.9 Å². The van der Waals surface area contributed by atoms with Crippen molar-refractivity contribution in [2.45, 2.75) is 17.3 Å². The molecule has 0 saturated carbocycles. The number of aromatic nitrogens is 1. The standard InChI is InChI=1S/C17H18N2S2/c1-2-18-15(13-8-4-3-5-9-13)12-20-17-19-14-10-6-7-11-16(14)21-17/h3-11,15,18H,2,12H2,1H3. The molecule has 3 aromatic rings. The minimum absolute atomic E-state index is 0.369. The molecule has 0 aliphatic carbocycles. The first kappa shape index (κ1) is 14.6. The van der Waals surface area contributed by atoms with Crippen LogP contribution in [0.3, 0.4) is 0 Å². The second kappa shape index (κ2) is 7.07. The Balaban J connectivity index is 1.71. The molecular formula is C17H18N2S2. The zero-order valence-corrected chi connectivity index (χ0v) is 13.6. The van der Waals surface area contributed by atoms with Gasteiger partial charge in [-0.2, -0.15) is 0 Å². The Kier molecular flexibility index (Phi) is 4.91. The molecule has 0 bridgehead atoms. The lowest BCUT2D eigenvalue weighted by Gasteiger charge is -2.17. The normalized spacial score (nSPS) is 12.6. The van der Waals surface area contributed by atoms with E-state index in [9.17, 15) is 0 Å². The van der Waals surface area contributed by atoms with Crippen LogP contribution in [0, 0.1) is 0 Å². The summed E-state index contributed by atoms with van der Waals surface area (Å²) in [4.78, 5) is 4.69. The van der Waals surface area contributed by atoms with Gasteiger partial charge in [-0.1, -0.05) is 61.2 Å². The van der Waals surface area contributed by atoms with Gasteiger partial charge in [0.05, 0.1) is 10.2 Å². The van der Waals surface area contributed by atoms with Crippen molar-refractivity contribution in [2.24, 2.45) is 0 Å². The predicted molar refractivity (Wildman–Crippen MR) is 93.2 cm³/mol. The minimum atomic E-state index is 0.369. The number of rotatable bonds is 6. The van der Waals surface area contributed by atoms with E-state index in [1.807, 2.05) is 17.8 Å². The molecule has 0 aliphatic rings. The molecule has 2 nitrogen and oxygen atoms in total. The van der Waals surface area contributed by atoms with Crippen LogP contribution < -0.4 is 5.32 Å². The van der Waals surface area contributed by atoms with Crippen molar-refractivity contribution in [1.82, 2.24) is 10.3 Å². The fraction of sp³-hybridized carbons (Fsp3) is 0.235. The first-order valence-corrected chi connectivity index (χ1v) is 8.93. The highest BCUT2D eigenvalue weighted by Crippen LogP contribution is 2.31. The first-order chi connectivity index (χ1) is 10.4. The number of benzene rings is 2. The Hall–Kier alpha value is -1.36. The first-order valence-electron chi connectivity index (χ1n) is 7.13. The van der Waals surface area contributed by atoms with E-state index >= 15 is 0 Å². The summed E-state index contributed by atoms with van der Waals surface area (Å²) < 4.78 is 2.41. The molecule has 0 spiro atoms. The van der Waals surface area contributed by atoms with E-state index in [0.29, 0.717) is 6.04 Å². The molecule has 1 unspecified atom stereocenters. The van der Waals surface area contributed by atoms with Crippen molar-refractivity contribution < 1.29 is 0 Å². The summed E-state index contributed by atoms with van der Waals surface area (Å²) in [6.45, 7) is 3.12. The third-order valence-corrected chi connectivity index (χ3v) is 5.57. The molecule has 0 radical (unpaired) electrons. The number of hydrogen-bond acceptors (Lipinski definition) is 4. The van der Waals surface area contributed by atoms with Crippen molar-refractivity contribution in [3.05, 3.63) is 60.2 Å². The quantitative estimate of drug-likeness (QED) is 0.665. The van der Waals surface area contributed by atoms with Gasteiger partial charge < -0.3 is 5.32 Å². The van der Waals surface area contributed by atoms with Gasteiger partial charge in [0.25, 0.3) is 0 Å². The summed E-state index contributed by atoms with van der Waals surface area (Å²) in [5, 5.41) is 3.56. The molecule has 0 saturated heterocycles. The van der Waals surface area contributed by atoms with Gasteiger partial charge in [-0.3, -0.25) is 0 Å². The Bertz CT molecular complexity index is 661. The number of fused-ring (bicyclic) bond motifs is 1. The van der Waals surface area contributed by atoms with Gasteiger partial charge >= 0.3 is 0 Å². The van der Waals surface area contributed by atoms with E-state index in [0.717, 1.165) is 22.2 Å². The third-order valence-electron chi connectivity index (χ3n) is 3.30. The maximum atomic E-state index is 4.69. The maximum Gasteiger partial charge on any atom is 0.151 e. The van der Waals surface area contributed by atoms with Crippen LogP contribution in [-0.2, 0) is 0 Å². The monoisotopic (exact) mass is 314 g/mol. The maximum absolute atomic E-state index is 4.69. The van der Waals surface area contributed by atoms with Crippen LogP contribution >= 0.6 is 23.1 Å². The lowest BCUT2D eigenvalue weighted by molar-refractivity contribution is 0.606. The van der Waals surface area contributed by atoms with E-state index < -0.39 is 0 Å². The fourth-order valence-corrected chi connectivity index (χ4v) is 4.46. The smallest absolute Gasteiger partial charge is 0.151 e. The Morgan fingerprint density at radius 1 is 1.10 bits per heavy atom. The second-order valence-electron chi connectivity index (χ2n) is 4.78. The van der Waals surface area contributed by atoms with Crippen LogP contribution in [0.2, 0.25) is 0 Å². The molecular weight excluding hydrogens is 296 g/mol. The number of nitrogens with one attached hydrogen (secondary N) is 1. The average molecular weight is 314 g/mol. The summed E-state index contributed by atoms with van der Waals surface area (Å²) in [5.41, 5.74) is 2.44. The predicted octanol–water partition coefficient (Wildman–Crippen LogP) is 4.74. The van der Waals surface area contributed by atoms with Crippen molar-refractivity contribution in [3.8, 4) is 0 Å². The lowest BCUT2D eigenvalue weighted by Crippen LogP contribution is -2.22. The SMILES string of the molecule is CCNC(CSc1nc2ccccc2s1)c1ccccc1. The van der Waals surface area contributed by atoms with Gasteiger partial charge in [-0.15, -0.1) is 11.3 Å². The molecule has 2 aromatic carbocycles. The molecule has 4 heteroatoms. The number of thiazole rings is 1. The van der Waals surface area contributed by atoms with E-state index in [1.54, 1.807) is 11.3 Å². The molecule has 1 heterocycles. The highest BCUT2D eigenvalue weighted by Gasteiger charge is 2.12. The van der Waals surface area contributed by atoms with Gasteiger partial charge in [-0.25, -0.2) is 4.98 Å². The number of para-hydroxylation sites is 1. The van der Waals surface area contributed by atoms with Gasteiger partial charge in [0.1, 0.15) is 0 Å². The van der Waals surface area contributed by atoms with Gasteiger partial charge in [-0.05, 0) is 24.2 Å². The molecule has 0 fully saturated rings. The summed E-state index contributed by atoms with van der Waals surface area (Å²) >= 11 is 3.61. The Morgan fingerprint density at radius 2 is 1.86 bits per heavy atom. The van der Waals surface area contributed by atoms with Crippen LogP contribution in [0.25, 0.3) is 10.2 Å². The molecule has 1 aromatic heterocycles. The lowest BCUT2D eigenvalue weighted by atomic mass is 10.1. The second-order valence-corrected chi connectivity index (χ2v) is 7.08. The number of nitrogens with zero attached hydrogens (tertiary/aromatic N) is 1. The van der Waals surface area contributed by atoms with E-state index in [2.05, 4.69) is 60.8 Å².